The Labute approximate surface area is 627 Å². The molecule has 1 aromatic carbocycles. The molecule has 0 unspecified atom stereocenters. The summed E-state index contributed by atoms with van der Waals surface area (Å²) in [7, 11) is 1.37. The van der Waals surface area contributed by atoms with Crippen LogP contribution in [0.1, 0.15) is 195 Å². The van der Waals surface area contributed by atoms with Gasteiger partial charge in [-0.2, -0.15) is 0 Å². The fourth-order valence-electron chi connectivity index (χ4n) is 12.4. The summed E-state index contributed by atoms with van der Waals surface area (Å²) in [5.41, 5.74) is 6.40. The van der Waals surface area contributed by atoms with Crippen LogP contribution in [0, 0.1) is 47.3 Å². The van der Waals surface area contributed by atoms with Crippen LogP contribution in [0.2, 0.25) is 0 Å². The molecule has 596 valence electrons. The number of benzene rings is 1. The number of likely N-dealkylation sites (N-methyl/N-ethyl adjacent to an activating group) is 1. The second-order valence-electron chi connectivity index (χ2n) is 30.5. The molecule has 17 atom stereocenters. The first kappa shape index (κ1) is 91.7. The molecule has 2 fully saturated rings. The Hall–Kier alpha value is -8.54. The van der Waals surface area contributed by atoms with E-state index >= 15 is 9.59 Å². The fourth-order valence-corrected chi connectivity index (χ4v) is 12.4. The molecule has 3 rings (SSSR count). The number of nitrogens with two attached hydrogens (primary N) is 1. The predicted molar refractivity (Wildman–Crippen MR) is 402 cm³/mol. The lowest BCUT2D eigenvalue weighted by Crippen LogP contribution is -2.66. The van der Waals surface area contributed by atoms with Gasteiger partial charge in [0.05, 0.1) is 12.1 Å². The summed E-state index contributed by atoms with van der Waals surface area (Å²) in [5, 5.41) is 43.7. The second kappa shape index (κ2) is 43.9. The molecule has 2 aliphatic rings. The third-order valence-electron chi connectivity index (χ3n) is 20.3. The van der Waals surface area contributed by atoms with Crippen LogP contribution in [0.4, 0.5) is 0 Å². The van der Waals surface area contributed by atoms with Gasteiger partial charge in [-0.05, 0) is 112 Å². The van der Waals surface area contributed by atoms with Crippen LogP contribution in [0.3, 0.4) is 0 Å². The molecule has 14 amide bonds. The van der Waals surface area contributed by atoms with Gasteiger partial charge in [0.25, 0.3) is 5.91 Å². The van der Waals surface area contributed by atoms with Gasteiger partial charge in [-0.15, -0.1) is 0 Å². The van der Waals surface area contributed by atoms with Crippen molar-refractivity contribution >= 4 is 82.7 Å². The van der Waals surface area contributed by atoms with Gasteiger partial charge in [-0.1, -0.05) is 166 Å². The highest BCUT2D eigenvalue weighted by molar-refractivity contribution is 6.03. The first-order valence-corrected chi connectivity index (χ1v) is 38.0. The van der Waals surface area contributed by atoms with Crippen LogP contribution in [0.15, 0.2) is 42.1 Å². The van der Waals surface area contributed by atoms with Crippen molar-refractivity contribution in [2.45, 2.75) is 280 Å². The summed E-state index contributed by atoms with van der Waals surface area (Å²) >= 11 is 0. The highest BCUT2D eigenvalue weighted by Crippen LogP contribution is 2.24. The summed E-state index contributed by atoms with van der Waals surface area (Å²) in [6, 6.07) is -8.55. The predicted octanol–water partition coefficient (Wildman–Crippen LogP) is 1.75. The van der Waals surface area contributed by atoms with E-state index in [0.29, 0.717) is 24.8 Å². The van der Waals surface area contributed by atoms with Crippen LogP contribution in [0.25, 0.3) is 0 Å². The minimum Gasteiger partial charge on any atom is -0.391 e. The number of aliphatic hydroxyl groups excluding tert-OH is 1. The summed E-state index contributed by atoms with van der Waals surface area (Å²) in [4.78, 5) is 205. The minimum absolute atomic E-state index is 0.0246. The lowest BCUT2D eigenvalue weighted by molar-refractivity contribution is -0.144. The highest BCUT2D eigenvalue weighted by Gasteiger charge is 2.45. The Morgan fingerprint density at radius 1 is 0.604 bits per heavy atom. The van der Waals surface area contributed by atoms with Gasteiger partial charge >= 0.3 is 0 Å². The Morgan fingerprint density at radius 3 is 1.67 bits per heavy atom. The molecule has 1 aromatic rings. The molecule has 106 heavy (non-hydrogen) atoms. The number of likely N-dealkylation sites (tertiary alicyclic amines) is 1. The maximum Gasteiger partial charge on any atom is 0.268 e. The Balaban J connectivity index is 2.02. The third kappa shape index (κ3) is 26.7. The molecule has 0 aromatic heterocycles. The number of nitrogens with one attached hydrogen (secondary N) is 12. The van der Waals surface area contributed by atoms with E-state index in [1.54, 1.807) is 127 Å². The Bertz CT molecular complexity index is 3200. The van der Waals surface area contributed by atoms with Gasteiger partial charge < -0.3 is 84.4 Å². The van der Waals surface area contributed by atoms with Crippen molar-refractivity contribution in [3.63, 3.8) is 0 Å². The number of rotatable bonds is 33. The highest BCUT2D eigenvalue weighted by atomic mass is 16.3. The number of carbonyl (C=O) groups excluding carboxylic acids is 14. The molecular weight excluding hydrogens is 1360 g/mol. The van der Waals surface area contributed by atoms with Crippen LogP contribution < -0.4 is 69.5 Å². The standard InChI is InChI=1S/C76H127N15O15/c1-21-44(15)34-35-54(93)81-55(39(5)6)69(99)89-63(48(19)92)74(104)83-57(41(9)10)70(100)85-59(43(13)14)76(106)91-37-29-33-53(91)67(97)79-51(32-28-36-77)65(95)86-60(45(16)22-2)72(102)88-62-47(18)90(20)75(105)58(42(11)12)84-64(94)50(24-4)78-66(96)52(38-49-30-26-25-27-31-49)80-68(98)56(40(7)8)82-71(101)61(46(17)23-3)87-73(62)103/h24-27,30-31,39-48,51-53,55-63,92H,21-23,28-29,32-38,77H2,1-20H3,(H,78,96)(H,79,97)(H,80,98)(H,81,93)(H,82,101)(H,83,104)(H,84,94)(H,85,100)(H,86,95)(H,87,103)(H,88,102)(H,89,99)/b50-24-/t44-,45-,46-,47+,48+,51-,52-,53+,55+,56-,57-,58-,59+,60+,61+,62+,63-/m0/s1. The zero-order valence-electron chi connectivity index (χ0n) is 66.3. The summed E-state index contributed by atoms with van der Waals surface area (Å²) in [6.45, 7) is 32.2. The number of hydrogen-bond donors (Lipinski definition) is 14. The van der Waals surface area contributed by atoms with Gasteiger partial charge in [0.1, 0.15) is 78.2 Å². The average Bonchev–Trinajstić information content (AvgIpc) is 1.27. The van der Waals surface area contributed by atoms with Gasteiger partial charge in [0.2, 0.25) is 76.8 Å². The number of amides is 14. The van der Waals surface area contributed by atoms with Crippen LogP contribution >= 0.6 is 0 Å². The molecule has 2 saturated heterocycles. The first-order valence-electron chi connectivity index (χ1n) is 38.0. The van der Waals surface area contributed by atoms with E-state index < -0.39 is 203 Å². The number of carbonyl (C=O) groups is 14. The first-order chi connectivity index (χ1) is 49.7. The lowest BCUT2D eigenvalue weighted by atomic mass is 9.94. The second-order valence-corrected chi connectivity index (χ2v) is 30.5. The van der Waals surface area contributed by atoms with Gasteiger partial charge in [-0.25, -0.2) is 0 Å². The SMILES string of the molecule is C/C=C1\NC(=O)[C@H](Cc2ccccc2)NC(=O)[C@H](C(C)C)NC(=O)[C@@H]([C@@H](C)CC)NC(=O)[C@H](NC(=O)[C@H](NC(=O)[C@H](CCCN)NC(=O)[C@H]2CCCN2C(=O)[C@H](NC(=O)[C@@H](NC(=O)[C@@H](NC(=O)[C@H](NC(=O)CC[C@@H](C)CC)C(C)C)[C@@H](C)O)C(C)C)C(C)C)[C@@H](C)CC)[C@@H](C)N(C)C(=O)[C@H](C(C)C)NC1=O. The van der Waals surface area contributed by atoms with Crippen molar-refractivity contribution in [2.24, 2.45) is 53.1 Å². The van der Waals surface area contributed by atoms with Crippen molar-refractivity contribution in [3.8, 4) is 0 Å². The number of nitrogens with zero attached hydrogens (tertiary/aromatic N) is 2. The molecule has 2 aliphatic heterocycles. The summed E-state index contributed by atoms with van der Waals surface area (Å²) in [5.74, 6) is -14.5. The molecule has 30 heteroatoms. The van der Waals surface area contributed by atoms with E-state index in [-0.39, 0.29) is 69.1 Å². The molecule has 0 spiro atoms. The van der Waals surface area contributed by atoms with Gasteiger partial charge in [-0.3, -0.25) is 67.1 Å². The van der Waals surface area contributed by atoms with Crippen LogP contribution in [0.5, 0.6) is 0 Å². The number of allylic oxidation sites excluding steroid dienone is 1. The largest absolute Gasteiger partial charge is 0.391 e. The van der Waals surface area contributed by atoms with E-state index in [9.17, 15) is 62.6 Å². The Morgan fingerprint density at radius 2 is 1.14 bits per heavy atom. The Kier molecular flexibility index (Phi) is 38.0. The van der Waals surface area contributed by atoms with E-state index in [2.05, 4.69) is 63.8 Å². The van der Waals surface area contributed by atoms with Gasteiger partial charge in [0, 0.05) is 26.4 Å². The number of hydrogen-bond acceptors (Lipinski definition) is 16. The molecular formula is C76H127N15O15. The van der Waals surface area contributed by atoms with Crippen molar-refractivity contribution < 1.29 is 72.2 Å². The maximum absolute atomic E-state index is 15.2. The summed E-state index contributed by atoms with van der Waals surface area (Å²) < 4.78 is 0. The van der Waals surface area contributed by atoms with Crippen molar-refractivity contribution in [1.82, 2.24) is 73.6 Å². The molecule has 2 heterocycles. The molecule has 30 nitrogen and oxygen atoms in total. The van der Waals surface area contributed by atoms with Gasteiger partial charge in [0.15, 0.2) is 0 Å². The third-order valence-corrected chi connectivity index (χ3v) is 20.3. The quantitative estimate of drug-likeness (QED) is 0.0446. The fraction of sp³-hybridized carbons (Fsp3) is 0.711. The monoisotopic (exact) mass is 1490 g/mol. The van der Waals surface area contributed by atoms with Crippen LogP contribution in [-0.4, -0.2) is 202 Å². The zero-order valence-corrected chi connectivity index (χ0v) is 66.3. The number of aliphatic hydroxyl groups is 1. The van der Waals surface area contributed by atoms with Crippen molar-refractivity contribution in [2.75, 3.05) is 20.1 Å². The van der Waals surface area contributed by atoms with E-state index in [1.165, 1.54) is 43.7 Å². The molecule has 15 N–H and O–H groups in total. The molecule has 0 radical (unpaired) electrons. The van der Waals surface area contributed by atoms with E-state index in [0.717, 1.165) is 6.42 Å². The van der Waals surface area contributed by atoms with E-state index in [1.807, 2.05) is 13.8 Å². The molecule has 0 saturated carbocycles. The minimum atomic E-state index is -1.70. The van der Waals surface area contributed by atoms with Crippen molar-refractivity contribution in [3.05, 3.63) is 47.7 Å². The smallest absolute Gasteiger partial charge is 0.268 e. The maximum atomic E-state index is 15.2. The van der Waals surface area contributed by atoms with E-state index in [4.69, 9.17) is 5.73 Å². The van der Waals surface area contributed by atoms with Crippen LogP contribution in [-0.2, 0) is 73.5 Å². The molecule has 0 aliphatic carbocycles. The normalized spacial score (nSPS) is 22.8. The lowest BCUT2D eigenvalue weighted by Gasteiger charge is -2.37. The zero-order chi connectivity index (χ0) is 80.3. The topological polar surface area (TPSA) is 436 Å². The molecule has 0 bridgehead atoms. The van der Waals surface area contributed by atoms with Crippen molar-refractivity contribution in [1.29, 1.82) is 0 Å². The summed E-state index contributed by atoms with van der Waals surface area (Å²) in [6.07, 6.45) is 2.77. The average molecular weight is 1490 g/mol.